The van der Waals surface area contributed by atoms with E-state index in [1.807, 2.05) is 24.5 Å². The minimum atomic E-state index is -0.125. The molecule has 3 heteroatoms. The van der Waals surface area contributed by atoms with Crippen LogP contribution in [0.2, 0.25) is 0 Å². The summed E-state index contributed by atoms with van der Waals surface area (Å²) in [4.78, 5) is 4.16. The zero-order valence-corrected chi connectivity index (χ0v) is 12.7. The standard InChI is InChI=1S/C18H22N2O/c1-18(2)12-16(15-7-3-4-8-17(15)21-18)20-11-9-14-6-5-10-19-13-14/h3-8,10,13,16,20H,9,11-12H2,1-2H3. The SMILES string of the molecule is CC1(C)CC(NCCc2cccnc2)c2ccccc2O1. The van der Waals surface area contributed by atoms with Crippen LogP contribution in [0.3, 0.4) is 0 Å². The van der Waals surface area contributed by atoms with E-state index in [1.165, 1.54) is 11.1 Å². The summed E-state index contributed by atoms with van der Waals surface area (Å²) in [7, 11) is 0. The van der Waals surface area contributed by atoms with Crippen LogP contribution < -0.4 is 10.1 Å². The van der Waals surface area contributed by atoms with Crippen molar-refractivity contribution in [3.63, 3.8) is 0 Å². The topological polar surface area (TPSA) is 34.2 Å². The van der Waals surface area contributed by atoms with E-state index >= 15 is 0 Å². The minimum Gasteiger partial charge on any atom is -0.487 e. The van der Waals surface area contributed by atoms with Crippen molar-refractivity contribution in [1.29, 1.82) is 0 Å². The lowest BCUT2D eigenvalue weighted by molar-refractivity contribution is 0.0662. The Morgan fingerprint density at radius 1 is 1.24 bits per heavy atom. The molecular weight excluding hydrogens is 260 g/mol. The van der Waals surface area contributed by atoms with Crippen molar-refractivity contribution in [3.8, 4) is 5.75 Å². The Balaban J connectivity index is 1.67. The normalized spacial score (nSPS) is 19.6. The smallest absolute Gasteiger partial charge is 0.124 e. The fraction of sp³-hybridized carbons (Fsp3) is 0.389. The second kappa shape index (κ2) is 5.86. The number of fused-ring (bicyclic) bond motifs is 1. The van der Waals surface area contributed by atoms with E-state index in [0.29, 0.717) is 6.04 Å². The molecule has 0 radical (unpaired) electrons. The first-order valence-corrected chi connectivity index (χ1v) is 7.54. The van der Waals surface area contributed by atoms with Crippen LogP contribution in [0.1, 0.15) is 37.4 Å². The van der Waals surface area contributed by atoms with Gasteiger partial charge in [0.2, 0.25) is 0 Å². The maximum absolute atomic E-state index is 6.06. The van der Waals surface area contributed by atoms with E-state index in [4.69, 9.17) is 4.74 Å². The maximum atomic E-state index is 6.06. The van der Waals surface area contributed by atoms with Crippen molar-refractivity contribution in [2.75, 3.05) is 6.54 Å². The summed E-state index contributed by atoms with van der Waals surface area (Å²) in [5.41, 5.74) is 2.41. The third-order valence-electron chi connectivity index (χ3n) is 3.90. The van der Waals surface area contributed by atoms with E-state index < -0.39 is 0 Å². The Kier molecular flexibility index (Phi) is 3.93. The predicted molar refractivity (Wildman–Crippen MR) is 84.5 cm³/mol. The van der Waals surface area contributed by atoms with Crippen molar-refractivity contribution in [2.45, 2.75) is 38.3 Å². The Morgan fingerprint density at radius 3 is 2.90 bits per heavy atom. The lowest BCUT2D eigenvalue weighted by atomic mass is 9.89. The van der Waals surface area contributed by atoms with Crippen molar-refractivity contribution in [3.05, 3.63) is 59.9 Å². The first-order valence-electron chi connectivity index (χ1n) is 7.54. The Hall–Kier alpha value is -1.87. The van der Waals surface area contributed by atoms with Gasteiger partial charge in [-0.3, -0.25) is 4.98 Å². The molecule has 0 saturated heterocycles. The first kappa shape index (κ1) is 14.1. The average Bonchev–Trinajstić information content (AvgIpc) is 2.47. The molecule has 1 atom stereocenters. The Morgan fingerprint density at radius 2 is 2.10 bits per heavy atom. The third kappa shape index (κ3) is 3.42. The first-order chi connectivity index (χ1) is 10.1. The van der Waals surface area contributed by atoms with Gasteiger partial charge in [0.05, 0.1) is 0 Å². The van der Waals surface area contributed by atoms with Gasteiger partial charge >= 0.3 is 0 Å². The molecule has 0 amide bonds. The summed E-state index contributed by atoms with van der Waals surface area (Å²) in [5, 5.41) is 3.67. The molecule has 0 spiro atoms. The van der Waals surface area contributed by atoms with Gasteiger partial charge < -0.3 is 10.1 Å². The Bertz CT molecular complexity index is 595. The van der Waals surface area contributed by atoms with Crippen LogP contribution >= 0.6 is 0 Å². The third-order valence-corrected chi connectivity index (χ3v) is 3.90. The highest BCUT2D eigenvalue weighted by molar-refractivity contribution is 5.38. The summed E-state index contributed by atoms with van der Waals surface area (Å²) in [6.45, 7) is 5.25. The molecule has 0 aliphatic carbocycles. The number of pyridine rings is 1. The van der Waals surface area contributed by atoms with E-state index in [0.717, 1.165) is 25.1 Å². The fourth-order valence-corrected chi connectivity index (χ4v) is 2.92. The number of hydrogen-bond donors (Lipinski definition) is 1. The fourth-order valence-electron chi connectivity index (χ4n) is 2.92. The zero-order chi connectivity index (χ0) is 14.7. The molecule has 110 valence electrons. The summed E-state index contributed by atoms with van der Waals surface area (Å²) in [5.74, 6) is 1.01. The van der Waals surface area contributed by atoms with E-state index in [-0.39, 0.29) is 5.60 Å². The van der Waals surface area contributed by atoms with Crippen LogP contribution in [0.15, 0.2) is 48.8 Å². The molecule has 1 N–H and O–H groups in total. The van der Waals surface area contributed by atoms with Crippen LogP contribution in [-0.2, 0) is 6.42 Å². The van der Waals surface area contributed by atoms with Gasteiger partial charge in [-0.05, 0) is 44.5 Å². The highest BCUT2D eigenvalue weighted by Crippen LogP contribution is 2.39. The zero-order valence-electron chi connectivity index (χ0n) is 12.7. The Labute approximate surface area is 126 Å². The van der Waals surface area contributed by atoms with Crippen molar-refractivity contribution in [2.24, 2.45) is 0 Å². The molecule has 1 unspecified atom stereocenters. The minimum absolute atomic E-state index is 0.125. The summed E-state index contributed by atoms with van der Waals surface area (Å²) >= 11 is 0. The van der Waals surface area contributed by atoms with Crippen LogP contribution in [-0.4, -0.2) is 17.1 Å². The highest BCUT2D eigenvalue weighted by Gasteiger charge is 2.32. The molecule has 1 aromatic heterocycles. The largest absolute Gasteiger partial charge is 0.487 e. The van der Waals surface area contributed by atoms with Gasteiger partial charge in [-0.15, -0.1) is 0 Å². The van der Waals surface area contributed by atoms with Gasteiger partial charge in [0, 0.05) is 30.4 Å². The van der Waals surface area contributed by atoms with Gasteiger partial charge in [0.15, 0.2) is 0 Å². The summed E-state index contributed by atoms with van der Waals surface area (Å²) in [6.07, 6.45) is 5.72. The monoisotopic (exact) mass is 282 g/mol. The van der Waals surface area contributed by atoms with Gasteiger partial charge in [-0.25, -0.2) is 0 Å². The molecule has 3 nitrogen and oxygen atoms in total. The van der Waals surface area contributed by atoms with Gasteiger partial charge in [-0.1, -0.05) is 24.3 Å². The van der Waals surface area contributed by atoms with Gasteiger partial charge in [0.1, 0.15) is 11.4 Å². The number of nitrogens with one attached hydrogen (secondary N) is 1. The van der Waals surface area contributed by atoms with Gasteiger partial charge in [0.25, 0.3) is 0 Å². The number of aromatic nitrogens is 1. The van der Waals surface area contributed by atoms with E-state index in [2.05, 4.69) is 48.4 Å². The molecule has 1 aromatic carbocycles. The number of para-hydroxylation sites is 1. The summed E-state index contributed by atoms with van der Waals surface area (Å²) in [6, 6.07) is 12.8. The number of ether oxygens (including phenoxy) is 1. The lowest BCUT2D eigenvalue weighted by Gasteiger charge is -2.38. The second-order valence-corrected chi connectivity index (χ2v) is 6.22. The highest BCUT2D eigenvalue weighted by atomic mass is 16.5. The average molecular weight is 282 g/mol. The quantitative estimate of drug-likeness (QED) is 0.931. The molecule has 2 heterocycles. The predicted octanol–water partition coefficient (Wildman–Crippen LogP) is 3.52. The molecule has 3 rings (SSSR count). The van der Waals surface area contributed by atoms with Crippen LogP contribution in [0.25, 0.3) is 0 Å². The van der Waals surface area contributed by atoms with Crippen LogP contribution in [0, 0.1) is 0 Å². The van der Waals surface area contributed by atoms with Crippen molar-refractivity contribution >= 4 is 0 Å². The molecule has 1 aliphatic rings. The lowest BCUT2D eigenvalue weighted by Crippen LogP contribution is -2.39. The number of hydrogen-bond acceptors (Lipinski definition) is 3. The maximum Gasteiger partial charge on any atom is 0.124 e. The van der Waals surface area contributed by atoms with Crippen molar-refractivity contribution < 1.29 is 4.74 Å². The molecule has 2 aromatic rings. The van der Waals surface area contributed by atoms with Crippen molar-refractivity contribution in [1.82, 2.24) is 10.3 Å². The molecule has 0 bridgehead atoms. The van der Waals surface area contributed by atoms with E-state index in [9.17, 15) is 0 Å². The number of rotatable bonds is 4. The molecule has 21 heavy (non-hydrogen) atoms. The molecule has 1 aliphatic heterocycles. The van der Waals surface area contributed by atoms with Gasteiger partial charge in [-0.2, -0.15) is 0 Å². The molecule has 0 fully saturated rings. The number of nitrogens with zero attached hydrogens (tertiary/aromatic N) is 1. The number of benzene rings is 1. The van der Waals surface area contributed by atoms with Crippen LogP contribution in [0.4, 0.5) is 0 Å². The summed E-state index contributed by atoms with van der Waals surface area (Å²) < 4.78 is 6.06. The van der Waals surface area contributed by atoms with E-state index in [1.54, 1.807) is 0 Å². The molecule has 0 saturated carbocycles. The van der Waals surface area contributed by atoms with Crippen LogP contribution in [0.5, 0.6) is 5.75 Å². The molecular formula is C18H22N2O. The second-order valence-electron chi connectivity index (χ2n) is 6.22.